The Morgan fingerprint density at radius 2 is 1.46 bits per heavy atom. The molecule has 41 heavy (non-hydrogen) atoms. The van der Waals surface area contributed by atoms with Crippen LogP contribution in [0.3, 0.4) is 0 Å². The lowest BCUT2D eigenvalue weighted by atomic mass is 9.92. The number of benzene rings is 2. The van der Waals surface area contributed by atoms with Gasteiger partial charge in [-0.3, -0.25) is 14.4 Å². The van der Waals surface area contributed by atoms with E-state index in [1.54, 1.807) is 12.1 Å². The second-order valence-electron chi connectivity index (χ2n) is 10.3. The molecule has 9 heteroatoms. The molecule has 1 aromatic heterocycles. The van der Waals surface area contributed by atoms with Crippen molar-refractivity contribution in [3.05, 3.63) is 59.8 Å². The number of nitrogens with one attached hydrogen (secondary N) is 1. The van der Waals surface area contributed by atoms with Gasteiger partial charge in [0.2, 0.25) is 0 Å². The van der Waals surface area contributed by atoms with E-state index < -0.39 is 23.8 Å². The summed E-state index contributed by atoms with van der Waals surface area (Å²) in [6.45, 7) is 1.89. The molecule has 0 aliphatic rings. The molecule has 0 saturated heterocycles. The number of hydrogen-bond donors (Lipinski definition) is 3. The Hall–Kier alpha value is -4.14. The summed E-state index contributed by atoms with van der Waals surface area (Å²) < 4.78 is 10.5. The number of aromatic nitrogens is 1. The lowest BCUT2D eigenvalue weighted by Crippen LogP contribution is -2.27. The molecule has 0 bridgehead atoms. The number of Topliss-reactive ketones (excluding diaryl/α,β-unsaturated/α-hetero) is 2. The van der Waals surface area contributed by atoms with Crippen LogP contribution >= 0.6 is 0 Å². The monoisotopic (exact) mass is 565 g/mol. The van der Waals surface area contributed by atoms with Gasteiger partial charge in [-0.15, -0.1) is 0 Å². The summed E-state index contributed by atoms with van der Waals surface area (Å²) in [5.41, 5.74) is 2.17. The average molecular weight is 566 g/mol. The zero-order chi connectivity index (χ0) is 29.6. The lowest BCUT2D eigenvalue weighted by molar-refractivity contribution is -0.137. The molecule has 0 amide bonds. The summed E-state index contributed by atoms with van der Waals surface area (Å²) in [7, 11) is 0. The molecule has 1 unspecified atom stereocenters. The van der Waals surface area contributed by atoms with Crippen LogP contribution < -0.4 is 9.47 Å². The minimum Gasteiger partial charge on any atom is -0.486 e. The van der Waals surface area contributed by atoms with Crippen LogP contribution in [0.15, 0.2) is 48.5 Å². The molecule has 220 valence electrons. The molecular formula is C32H39NO8. The number of unbranched alkanes of at least 4 members (excludes halogenated alkanes) is 6. The van der Waals surface area contributed by atoms with E-state index in [0.29, 0.717) is 35.2 Å². The number of carboxylic acids is 1. The number of aryl methyl sites for hydroxylation is 1. The SMILES string of the molecule is CCCCCCCCc1ccc(OCC(=O)C(C(=O)CCCCC(=O)O)c2cc3cc(OC(=O)O)ccc3[nH]2)cc1. The van der Waals surface area contributed by atoms with E-state index in [9.17, 15) is 19.2 Å². The summed E-state index contributed by atoms with van der Waals surface area (Å²) in [6.07, 6.45) is 7.59. The van der Waals surface area contributed by atoms with Gasteiger partial charge in [0.15, 0.2) is 5.78 Å². The number of rotatable bonds is 19. The van der Waals surface area contributed by atoms with E-state index in [-0.39, 0.29) is 31.0 Å². The fourth-order valence-corrected chi connectivity index (χ4v) is 4.80. The van der Waals surface area contributed by atoms with Crippen LogP contribution in [0.25, 0.3) is 10.9 Å². The third kappa shape index (κ3) is 10.4. The second-order valence-corrected chi connectivity index (χ2v) is 10.3. The molecular weight excluding hydrogens is 526 g/mol. The predicted octanol–water partition coefficient (Wildman–Crippen LogP) is 7.07. The minimum absolute atomic E-state index is 0.0412. The highest BCUT2D eigenvalue weighted by molar-refractivity contribution is 6.08. The molecule has 2 aromatic carbocycles. The number of aliphatic carboxylic acids is 1. The summed E-state index contributed by atoms with van der Waals surface area (Å²) in [5, 5.41) is 18.3. The van der Waals surface area contributed by atoms with Gasteiger partial charge in [0.05, 0.1) is 0 Å². The van der Waals surface area contributed by atoms with Gasteiger partial charge in [-0.2, -0.15) is 0 Å². The Balaban J connectivity index is 1.66. The molecule has 3 rings (SSSR count). The van der Waals surface area contributed by atoms with Gasteiger partial charge in [-0.05, 0) is 67.6 Å². The van der Waals surface area contributed by atoms with Gasteiger partial charge in [0.25, 0.3) is 0 Å². The average Bonchev–Trinajstić information content (AvgIpc) is 3.35. The molecule has 0 aliphatic heterocycles. The molecule has 1 atom stereocenters. The number of aromatic amines is 1. The molecule has 9 nitrogen and oxygen atoms in total. The maximum atomic E-state index is 13.3. The van der Waals surface area contributed by atoms with Gasteiger partial charge in [-0.25, -0.2) is 4.79 Å². The normalized spacial score (nSPS) is 11.7. The van der Waals surface area contributed by atoms with Crippen LogP contribution in [0.5, 0.6) is 11.5 Å². The molecule has 1 heterocycles. The highest BCUT2D eigenvalue weighted by Crippen LogP contribution is 2.28. The van der Waals surface area contributed by atoms with Crippen LogP contribution in [0, 0.1) is 0 Å². The van der Waals surface area contributed by atoms with Crippen molar-refractivity contribution in [2.24, 2.45) is 0 Å². The molecule has 3 aromatic rings. The van der Waals surface area contributed by atoms with Gasteiger partial charge in [0.1, 0.15) is 29.8 Å². The van der Waals surface area contributed by atoms with Gasteiger partial charge >= 0.3 is 12.1 Å². The number of fused-ring (bicyclic) bond motifs is 1. The summed E-state index contributed by atoms with van der Waals surface area (Å²) in [5.74, 6) is -2.20. The van der Waals surface area contributed by atoms with Gasteiger partial charge in [0, 0.05) is 29.4 Å². The maximum Gasteiger partial charge on any atom is 0.511 e. The number of hydrogen-bond acceptors (Lipinski definition) is 6. The third-order valence-electron chi connectivity index (χ3n) is 6.96. The van der Waals surface area contributed by atoms with Crippen LogP contribution in [0.2, 0.25) is 0 Å². The van der Waals surface area contributed by atoms with E-state index >= 15 is 0 Å². The fraction of sp³-hybridized carbons (Fsp3) is 0.438. The number of H-pyrrole nitrogens is 1. The third-order valence-corrected chi connectivity index (χ3v) is 6.96. The molecule has 0 fully saturated rings. The van der Waals surface area contributed by atoms with E-state index in [2.05, 4.69) is 11.9 Å². The molecule has 3 N–H and O–H groups in total. The zero-order valence-electron chi connectivity index (χ0n) is 23.5. The van der Waals surface area contributed by atoms with Gasteiger partial charge < -0.3 is 24.7 Å². The van der Waals surface area contributed by atoms with Crippen molar-refractivity contribution >= 4 is 34.6 Å². The summed E-state index contributed by atoms with van der Waals surface area (Å²) >= 11 is 0. The highest BCUT2D eigenvalue weighted by Gasteiger charge is 2.30. The van der Waals surface area contributed by atoms with Gasteiger partial charge in [-0.1, -0.05) is 51.2 Å². The summed E-state index contributed by atoms with van der Waals surface area (Å²) in [4.78, 5) is 51.4. The van der Waals surface area contributed by atoms with Crippen molar-refractivity contribution in [2.75, 3.05) is 6.61 Å². The van der Waals surface area contributed by atoms with Crippen molar-refractivity contribution in [3.8, 4) is 11.5 Å². The Kier molecular flexibility index (Phi) is 12.4. The number of carbonyl (C=O) groups is 4. The molecule has 0 aliphatic carbocycles. The quantitative estimate of drug-likeness (QED) is 0.0606. The Bertz CT molecular complexity index is 1310. The first-order valence-electron chi connectivity index (χ1n) is 14.3. The minimum atomic E-state index is -1.45. The highest BCUT2D eigenvalue weighted by atomic mass is 16.7. The topological polar surface area (TPSA) is 143 Å². The van der Waals surface area contributed by atoms with Crippen LogP contribution in [-0.4, -0.2) is 45.5 Å². The molecule has 0 spiro atoms. The number of ether oxygens (including phenoxy) is 2. The van der Waals surface area contributed by atoms with Crippen molar-refractivity contribution in [2.45, 2.75) is 83.5 Å². The Labute approximate surface area is 239 Å². The maximum absolute atomic E-state index is 13.3. The molecule has 0 radical (unpaired) electrons. The number of carboxylic acid groups (broad SMARTS) is 2. The molecule has 0 saturated carbocycles. The second kappa shape index (κ2) is 16.2. The smallest absolute Gasteiger partial charge is 0.486 e. The Morgan fingerprint density at radius 3 is 2.17 bits per heavy atom. The van der Waals surface area contributed by atoms with Crippen LogP contribution in [0.1, 0.15) is 88.3 Å². The Morgan fingerprint density at radius 1 is 0.780 bits per heavy atom. The largest absolute Gasteiger partial charge is 0.511 e. The van der Waals surface area contributed by atoms with E-state index in [4.69, 9.17) is 19.7 Å². The number of ketones is 2. The predicted molar refractivity (Wildman–Crippen MR) is 155 cm³/mol. The first-order chi connectivity index (χ1) is 19.8. The number of carbonyl (C=O) groups excluding carboxylic acids is 2. The first-order valence-corrected chi connectivity index (χ1v) is 14.3. The van der Waals surface area contributed by atoms with Crippen molar-refractivity contribution in [1.29, 1.82) is 0 Å². The van der Waals surface area contributed by atoms with E-state index in [1.807, 2.05) is 24.3 Å². The standard InChI is InChI=1S/C32H39NO8/c1-2-3-4-5-6-7-10-22-13-15-24(16-14-22)40-21-29(35)31(28(34)11-8-9-12-30(36)37)27-20-23-19-25(41-32(38)39)17-18-26(23)33-27/h13-20,31,33H,2-12,21H2,1H3,(H,36,37)(H,38,39). The first kappa shape index (κ1) is 31.4. The summed E-state index contributed by atoms with van der Waals surface area (Å²) in [6, 6.07) is 13.9. The fourth-order valence-electron chi connectivity index (χ4n) is 4.80. The van der Waals surface area contributed by atoms with Crippen molar-refractivity contribution < 1.29 is 38.9 Å². The van der Waals surface area contributed by atoms with E-state index in [0.717, 1.165) is 12.8 Å². The van der Waals surface area contributed by atoms with E-state index in [1.165, 1.54) is 49.8 Å². The van der Waals surface area contributed by atoms with Crippen LogP contribution in [0.4, 0.5) is 4.79 Å². The lowest BCUT2D eigenvalue weighted by Gasteiger charge is -2.15. The van der Waals surface area contributed by atoms with Crippen molar-refractivity contribution in [3.63, 3.8) is 0 Å². The zero-order valence-corrected chi connectivity index (χ0v) is 23.5. The van der Waals surface area contributed by atoms with Crippen LogP contribution in [-0.2, 0) is 20.8 Å². The van der Waals surface area contributed by atoms with Crippen molar-refractivity contribution in [1.82, 2.24) is 4.98 Å².